The van der Waals surface area contributed by atoms with E-state index in [0.29, 0.717) is 24.8 Å². The van der Waals surface area contributed by atoms with E-state index in [1.54, 1.807) is 19.1 Å². The van der Waals surface area contributed by atoms with E-state index >= 15 is 0 Å². The van der Waals surface area contributed by atoms with E-state index in [1.807, 2.05) is 25.2 Å². The summed E-state index contributed by atoms with van der Waals surface area (Å²) in [5, 5.41) is 6.50. The van der Waals surface area contributed by atoms with Crippen molar-refractivity contribution in [2.45, 2.75) is 19.5 Å². The van der Waals surface area contributed by atoms with Gasteiger partial charge in [-0.25, -0.2) is 9.78 Å². The summed E-state index contributed by atoms with van der Waals surface area (Å²) in [5.41, 5.74) is 7.98. The molecular weight excluding hydrogens is 332 g/mol. The minimum atomic E-state index is -0.332. The van der Waals surface area contributed by atoms with Gasteiger partial charge in [-0.2, -0.15) is 4.98 Å². The highest BCUT2D eigenvalue weighted by molar-refractivity contribution is 5.90. The third kappa shape index (κ3) is 4.20. The van der Waals surface area contributed by atoms with Crippen molar-refractivity contribution in [2.75, 3.05) is 42.7 Å². The number of nitrogen functional groups attached to an aromatic ring is 1. The Bertz CT molecular complexity index is 776. The average molecular weight is 356 g/mol. The van der Waals surface area contributed by atoms with Crippen LogP contribution in [0.1, 0.15) is 23.0 Å². The summed E-state index contributed by atoms with van der Waals surface area (Å²) in [6.07, 6.45) is 0. The SMILES string of the molecule is CCOC(=O)c1cccc(NCc2cc(N3CC(NC)C3)nc(N)n2)c1. The summed E-state index contributed by atoms with van der Waals surface area (Å²) in [6, 6.07) is 9.61. The second kappa shape index (κ2) is 8.01. The van der Waals surface area contributed by atoms with Gasteiger partial charge < -0.3 is 26.0 Å². The largest absolute Gasteiger partial charge is 0.462 e. The molecule has 0 amide bonds. The molecule has 2 aromatic rings. The molecule has 0 radical (unpaired) electrons. The number of carbonyl (C=O) groups excluding carboxylic acids is 1. The van der Waals surface area contributed by atoms with Gasteiger partial charge in [0.25, 0.3) is 0 Å². The maximum Gasteiger partial charge on any atom is 0.338 e. The van der Waals surface area contributed by atoms with E-state index in [0.717, 1.165) is 30.3 Å². The predicted octanol–water partition coefficient (Wildman–Crippen LogP) is 1.26. The molecule has 0 unspecified atom stereocenters. The number of hydrogen-bond donors (Lipinski definition) is 3. The van der Waals surface area contributed by atoms with Crippen LogP contribution >= 0.6 is 0 Å². The van der Waals surface area contributed by atoms with Gasteiger partial charge in [0.2, 0.25) is 5.95 Å². The Morgan fingerprint density at radius 1 is 1.35 bits per heavy atom. The molecule has 1 saturated heterocycles. The van der Waals surface area contributed by atoms with Gasteiger partial charge in [-0.3, -0.25) is 0 Å². The van der Waals surface area contributed by atoms with Crippen LogP contribution in [0.15, 0.2) is 30.3 Å². The second-order valence-corrected chi connectivity index (χ2v) is 6.12. The first-order valence-corrected chi connectivity index (χ1v) is 8.65. The highest BCUT2D eigenvalue weighted by Crippen LogP contribution is 2.21. The topological polar surface area (TPSA) is 105 Å². The fourth-order valence-corrected chi connectivity index (χ4v) is 2.77. The molecule has 8 nitrogen and oxygen atoms in total. The summed E-state index contributed by atoms with van der Waals surface area (Å²) in [7, 11) is 1.95. The van der Waals surface area contributed by atoms with Crippen molar-refractivity contribution >= 4 is 23.4 Å². The Hall–Kier alpha value is -2.87. The minimum absolute atomic E-state index is 0.257. The molecule has 0 aliphatic carbocycles. The highest BCUT2D eigenvalue weighted by atomic mass is 16.5. The van der Waals surface area contributed by atoms with Crippen LogP contribution in [0.25, 0.3) is 0 Å². The van der Waals surface area contributed by atoms with Gasteiger partial charge in [0.05, 0.1) is 24.4 Å². The van der Waals surface area contributed by atoms with Crippen LogP contribution in [0, 0.1) is 0 Å². The van der Waals surface area contributed by atoms with E-state index in [-0.39, 0.29) is 11.9 Å². The van der Waals surface area contributed by atoms with Crippen molar-refractivity contribution in [2.24, 2.45) is 0 Å². The number of anilines is 3. The lowest BCUT2D eigenvalue weighted by Gasteiger charge is -2.40. The van der Waals surface area contributed by atoms with Crippen LogP contribution < -0.4 is 21.3 Å². The van der Waals surface area contributed by atoms with Crippen LogP contribution in [0.2, 0.25) is 0 Å². The molecule has 1 fully saturated rings. The number of ether oxygens (including phenoxy) is 1. The number of nitrogens with zero attached hydrogens (tertiary/aromatic N) is 3. The molecule has 1 aromatic carbocycles. The van der Waals surface area contributed by atoms with Crippen molar-refractivity contribution in [3.05, 3.63) is 41.6 Å². The third-order valence-electron chi connectivity index (χ3n) is 4.24. The average Bonchev–Trinajstić information content (AvgIpc) is 2.59. The zero-order valence-corrected chi connectivity index (χ0v) is 15.0. The summed E-state index contributed by atoms with van der Waals surface area (Å²) in [5.74, 6) is 0.759. The van der Waals surface area contributed by atoms with E-state index in [1.165, 1.54) is 0 Å². The summed E-state index contributed by atoms with van der Waals surface area (Å²) in [4.78, 5) is 22.6. The summed E-state index contributed by atoms with van der Waals surface area (Å²) < 4.78 is 5.03. The van der Waals surface area contributed by atoms with Gasteiger partial charge in [0.15, 0.2) is 0 Å². The molecule has 1 aliphatic rings. The lowest BCUT2D eigenvalue weighted by atomic mass is 10.1. The molecule has 0 bridgehead atoms. The standard InChI is InChI=1S/C18H24N6O2/c1-3-26-17(25)12-5-4-6-13(7-12)21-9-14-8-16(23-18(19)22-14)24-10-15(11-24)20-2/h4-8,15,20-21H,3,9-11H2,1-2H3,(H2,19,22,23). The first-order chi connectivity index (χ1) is 12.6. The molecule has 1 aromatic heterocycles. The molecule has 0 spiro atoms. The second-order valence-electron chi connectivity index (χ2n) is 6.12. The van der Waals surface area contributed by atoms with Crippen molar-refractivity contribution in [1.29, 1.82) is 0 Å². The van der Waals surface area contributed by atoms with Gasteiger partial charge >= 0.3 is 5.97 Å². The van der Waals surface area contributed by atoms with Crippen molar-refractivity contribution in [3.8, 4) is 0 Å². The highest BCUT2D eigenvalue weighted by Gasteiger charge is 2.26. The summed E-state index contributed by atoms with van der Waals surface area (Å²) in [6.45, 7) is 4.43. The maximum absolute atomic E-state index is 11.8. The molecule has 2 heterocycles. The van der Waals surface area contributed by atoms with E-state index < -0.39 is 0 Å². The van der Waals surface area contributed by atoms with E-state index in [2.05, 4.69) is 25.5 Å². The summed E-state index contributed by atoms with van der Waals surface area (Å²) >= 11 is 0. The minimum Gasteiger partial charge on any atom is -0.462 e. The number of hydrogen-bond acceptors (Lipinski definition) is 8. The molecular formula is C18H24N6O2. The molecule has 8 heteroatoms. The van der Waals surface area contributed by atoms with Gasteiger partial charge in [0, 0.05) is 30.9 Å². The Kier molecular flexibility index (Phi) is 5.52. The fraction of sp³-hybridized carbons (Fsp3) is 0.389. The Morgan fingerprint density at radius 2 is 2.15 bits per heavy atom. The lowest BCUT2D eigenvalue weighted by molar-refractivity contribution is 0.0526. The number of esters is 1. The Balaban J connectivity index is 1.65. The molecule has 1 aliphatic heterocycles. The van der Waals surface area contributed by atoms with Crippen molar-refractivity contribution in [1.82, 2.24) is 15.3 Å². The number of nitrogens with one attached hydrogen (secondary N) is 2. The van der Waals surface area contributed by atoms with Gasteiger partial charge in [-0.15, -0.1) is 0 Å². The predicted molar refractivity (Wildman–Crippen MR) is 101 cm³/mol. The third-order valence-corrected chi connectivity index (χ3v) is 4.24. The zero-order chi connectivity index (χ0) is 18.5. The normalized spacial score (nSPS) is 14.0. The van der Waals surface area contributed by atoms with Gasteiger partial charge in [-0.05, 0) is 32.2 Å². The maximum atomic E-state index is 11.8. The van der Waals surface area contributed by atoms with E-state index in [9.17, 15) is 4.79 Å². The number of nitrogens with two attached hydrogens (primary N) is 1. The van der Waals surface area contributed by atoms with Crippen molar-refractivity contribution in [3.63, 3.8) is 0 Å². The molecule has 3 rings (SSSR count). The Morgan fingerprint density at radius 3 is 2.88 bits per heavy atom. The monoisotopic (exact) mass is 356 g/mol. The first-order valence-electron chi connectivity index (χ1n) is 8.65. The zero-order valence-electron chi connectivity index (χ0n) is 15.0. The van der Waals surface area contributed by atoms with Gasteiger partial charge in [0.1, 0.15) is 5.82 Å². The fourth-order valence-electron chi connectivity index (χ4n) is 2.77. The van der Waals surface area contributed by atoms with Crippen LogP contribution in [-0.4, -0.2) is 48.7 Å². The first kappa shape index (κ1) is 17.9. The quantitative estimate of drug-likeness (QED) is 0.637. The smallest absolute Gasteiger partial charge is 0.338 e. The molecule has 0 atom stereocenters. The van der Waals surface area contributed by atoms with Gasteiger partial charge in [-0.1, -0.05) is 6.07 Å². The van der Waals surface area contributed by atoms with Crippen LogP contribution in [-0.2, 0) is 11.3 Å². The van der Waals surface area contributed by atoms with Crippen LogP contribution in [0.4, 0.5) is 17.5 Å². The van der Waals surface area contributed by atoms with Crippen molar-refractivity contribution < 1.29 is 9.53 Å². The number of likely N-dealkylation sites (N-methyl/N-ethyl adjacent to an activating group) is 1. The number of aromatic nitrogens is 2. The number of carbonyl (C=O) groups is 1. The molecule has 26 heavy (non-hydrogen) atoms. The Labute approximate surface area is 152 Å². The molecule has 4 N–H and O–H groups in total. The van der Waals surface area contributed by atoms with Crippen LogP contribution in [0.5, 0.6) is 0 Å². The molecule has 0 saturated carbocycles. The van der Waals surface area contributed by atoms with E-state index in [4.69, 9.17) is 10.5 Å². The number of rotatable bonds is 7. The number of benzene rings is 1. The molecule has 138 valence electrons. The lowest BCUT2D eigenvalue weighted by Crippen LogP contribution is -2.57. The van der Waals surface area contributed by atoms with Crippen LogP contribution in [0.3, 0.4) is 0 Å².